The molecule has 2 amide bonds. The highest BCUT2D eigenvalue weighted by atomic mass is 31.2. The van der Waals surface area contributed by atoms with Gasteiger partial charge in [0.1, 0.15) is 0 Å². The van der Waals surface area contributed by atoms with Crippen LogP contribution in [0.15, 0.2) is 56.2 Å². The third-order valence-electron chi connectivity index (χ3n) is 17.0. The monoisotopic (exact) mass is 895 g/mol. The van der Waals surface area contributed by atoms with Crippen molar-refractivity contribution in [1.29, 1.82) is 0 Å². The van der Waals surface area contributed by atoms with Crippen molar-refractivity contribution in [2.75, 3.05) is 0 Å². The van der Waals surface area contributed by atoms with E-state index in [4.69, 9.17) is 19.2 Å². The Balaban J connectivity index is 0.985. The largest absolute Gasteiger partial charge is 0.458 e. The molecule has 0 aliphatic heterocycles. The Morgan fingerprint density at radius 3 is 0.984 bits per heavy atom. The van der Waals surface area contributed by atoms with Gasteiger partial charge >= 0.3 is 12.2 Å². The molecule has 9 rings (SSSR count). The molecule has 0 N–H and O–H groups in total. The standard InChI is InChI=1S/C53H76N4O4P2/c1-36(2)50(54-60-52(58)56-62(42-17-5-6-18-42,43-19-7-8-20-43)44-21-9-10-22-44)40-31-29-38-33-39-30-32-41(35-49(39)48(38)34-40)51(37(3)4)55-61-53(59)57-63(45-23-11-12-24-45,46-25-13-14-26-46)47-27-15-16-28-47/h29-32,34-37,42-47H,5-28,33H2,1-4H3/b54-50+,55-51+. The van der Waals surface area contributed by atoms with Crippen molar-refractivity contribution in [3.05, 3.63) is 58.7 Å². The molecule has 0 radical (unpaired) electrons. The second-order valence-electron chi connectivity index (χ2n) is 21.3. The summed E-state index contributed by atoms with van der Waals surface area (Å²) in [5, 5.41) is 9.33. The highest BCUT2D eigenvalue weighted by Gasteiger charge is 2.48. The number of benzene rings is 2. The maximum atomic E-state index is 14.0. The van der Waals surface area contributed by atoms with Crippen LogP contribution in [-0.2, 0) is 16.1 Å². The van der Waals surface area contributed by atoms with Gasteiger partial charge in [-0.3, -0.25) is 9.68 Å². The van der Waals surface area contributed by atoms with E-state index < -0.39 is 26.3 Å². The van der Waals surface area contributed by atoms with Crippen LogP contribution in [0.1, 0.15) is 204 Å². The third-order valence-corrected chi connectivity index (χ3v) is 28.1. The first kappa shape index (κ1) is 45.3. The molecule has 8 nitrogen and oxygen atoms in total. The number of carbonyl (C=O) groups is 2. The van der Waals surface area contributed by atoms with Crippen LogP contribution in [0.5, 0.6) is 0 Å². The van der Waals surface area contributed by atoms with Crippen molar-refractivity contribution in [3.63, 3.8) is 0 Å². The molecule has 0 unspecified atom stereocenters. The van der Waals surface area contributed by atoms with Crippen molar-refractivity contribution in [2.24, 2.45) is 31.6 Å². The number of nitrogens with zero attached hydrogens (tertiary/aromatic N) is 4. The number of hydrogen-bond donors (Lipinski definition) is 0. The van der Waals surface area contributed by atoms with E-state index >= 15 is 0 Å². The van der Waals surface area contributed by atoms with Crippen molar-refractivity contribution >= 4 is 37.7 Å². The Hall–Kier alpha value is -2.82. The summed E-state index contributed by atoms with van der Waals surface area (Å²) in [5.41, 5.74) is 11.8. The predicted molar refractivity (Wildman–Crippen MR) is 263 cm³/mol. The Morgan fingerprint density at radius 1 is 0.460 bits per heavy atom. The molecule has 10 heteroatoms. The summed E-state index contributed by atoms with van der Waals surface area (Å²) in [7, 11) is -3.83. The lowest BCUT2D eigenvalue weighted by atomic mass is 9.93. The summed E-state index contributed by atoms with van der Waals surface area (Å²) in [6.07, 6.45) is 29.9. The Labute approximate surface area is 379 Å². The molecule has 342 valence electrons. The number of carbonyl (C=O) groups excluding carboxylic acids is 2. The van der Waals surface area contributed by atoms with Crippen LogP contribution < -0.4 is 0 Å². The smallest absolute Gasteiger partial charge is 0.296 e. The van der Waals surface area contributed by atoms with Gasteiger partial charge in [-0.05, 0) is 178 Å². The van der Waals surface area contributed by atoms with Gasteiger partial charge in [0.25, 0.3) is 0 Å². The molecule has 6 fully saturated rings. The predicted octanol–water partition coefficient (Wildman–Crippen LogP) is 16.3. The molecule has 0 spiro atoms. The fourth-order valence-corrected chi connectivity index (χ4v) is 26.5. The zero-order valence-corrected chi connectivity index (χ0v) is 40.9. The fourth-order valence-electron chi connectivity index (χ4n) is 14.2. The number of amides is 2. The molecule has 0 saturated heterocycles. The van der Waals surface area contributed by atoms with Crippen LogP contribution in [0.25, 0.3) is 11.1 Å². The highest BCUT2D eigenvalue weighted by Crippen LogP contribution is 2.73. The van der Waals surface area contributed by atoms with Crippen molar-refractivity contribution in [3.8, 4) is 11.1 Å². The third kappa shape index (κ3) is 9.18. The molecule has 7 aliphatic rings. The van der Waals surface area contributed by atoms with Gasteiger partial charge in [-0.1, -0.05) is 139 Å². The first-order valence-corrected chi connectivity index (χ1v) is 29.6. The van der Waals surface area contributed by atoms with Crippen molar-refractivity contribution < 1.29 is 19.3 Å². The lowest BCUT2D eigenvalue weighted by Crippen LogP contribution is -2.24. The van der Waals surface area contributed by atoms with Gasteiger partial charge < -0.3 is 0 Å². The summed E-state index contributed by atoms with van der Waals surface area (Å²) in [6, 6.07) is 13.1. The minimum atomic E-state index is -1.91. The van der Waals surface area contributed by atoms with Gasteiger partial charge in [0.2, 0.25) is 0 Å². The van der Waals surface area contributed by atoms with E-state index in [0.29, 0.717) is 34.0 Å². The van der Waals surface area contributed by atoms with E-state index in [1.807, 2.05) is 0 Å². The van der Waals surface area contributed by atoms with E-state index in [1.165, 1.54) is 165 Å². The first-order chi connectivity index (χ1) is 30.7. The SMILES string of the molecule is CC(C)/C(=N\OC(=O)N=P(C1CCCC1)(C1CCCC1)C1CCCC1)c1ccc2c(c1)-c1cc(/C(=N/OC(=O)N=P(C3CCCC3)(C3CCCC3)C3CCCC3)C(C)C)ccc1C2. The molecule has 0 bridgehead atoms. The van der Waals surface area contributed by atoms with Crippen LogP contribution in [-0.4, -0.2) is 57.6 Å². The molecule has 0 heterocycles. The van der Waals surface area contributed by atoms with Gasteiger partial charge in [0, 0.05) is 11.1 Å². The number of oxime groups is 2. The van der Waals surface area contributed by atoms with E-state index in [-0.39, 0.29) is 11.8 Å². The summed E-state index contributed by atoms with van der Waals surface area (Å²) < 4.78 is 10.6. The van der Waals surface area contributed by atoms with E-state index in [9.17, 15) is 9.59 Å². The Kier molecular flexibility index (Phi) is 14.4. The molecule has 2 aromatic carbocycles. The molecule has 0 atom stereocenters. The second-order valence-corrected chi connectivity index (χ2v) is 29.3. The Bertz CT molecular complexity index is 1910. The number of rotatable bonds is 12. The van der Waals surface area contributed by atoms with Crippen LogP contribution in [0, 0.1) is 11.8 Å². The van der Waals surface area contributed by atoms with Crippen LogP contribution in [0.4, 0.5) is 9.59 Å². The topological polar surface area (TPSA) is 102 Å². The van der Waals surface area contributed by atoms with Crippen LogP contribution in [0.2, 0.25) is 0 Å². The molecule has 0 aromatic heterocycles. The molecule has 63 heavy (non-hydrogen) atoms. The van der Waals surface area contributed by atoms with Crippen molar-refractivity contribution in [2.45, 2.75) is 222 Å². The van der Waals surface area contributed by atoms with Gasteiger partial charge in [-0.25, -0.2) is 9.59 Å². The molecular formula is C53H76N4O4P2. The maximum Gasteiger partial charge on any atom is 0.458 e. The number of fused-ring (bicyclic) bond motifs is 3. The van der Waals surface area contributed by atoms with E-state index in [2.05, 4.69) is 74.4 Å². The maximum absolute atomic E-state index is 14.0. The Morgan fingerprint density at radius 2 is 0.730 bits per heavy atom. The molecule has 2 aromatic rings. The minimum Gasteiger partial charge on any atom is -0.296 e. The fraction of sp³-hybridized carbons (Fsp3) is 0.698. The zero-order chi connectivity index (χ0) is 43.6. The quantitative estimate of drug-likeness (QED) is 0.0782. The molecule has 6 saturated carbocycles. The second kappa shape index (κ2) is 20.0. The van der Waals surface area contributed by atoms with E-state index in [1.54, 1.807) is 0 Å². The van der Waals surface area contributed by atoms with Gasteiger partial charge in [0.05, 0.1) is 11.4 Å². The first-order valence-electron chi connectivity index (χ1n) is 25.7. The lowest BCUT2D eigenvalue weighted by Gasteiger charge is -2.40. The summed E-state index contributed by atoms with van der Waals surface area (Å²) in [5.74, 6) is 0.0816. The zero-order valence-electron chi connectivity index (χ0n) is 39.1. The molecular weight excluding hydrogens is 819 g/mol. The average Bonchev–Trinajstić information content (AvgIpc) is 4.14. The highest BCUT2D eigenvalue weighted by molar-refractivity contribution is 7.69. The molecule has 7 aliphatic carbocycles. The average molecular weight is 895 g/mol. The van der Waals surface area contributed by atoms with Gasteiger partial charge in [0.15, 0.2) is 0 Å². The lowest BCUT2D eigenvalue weighted by molar-refractivity contribution is 0.161. The summed E-state index contributed by atoms with van der Waals surface area (Å²) >= 11 is 0. The van der Waals surface area contributed by atoms with Gasteiger partial charge in [-0.2, -0.15) is 9.49 Å². The number of hydrogen-bond acceptors (Lipinski definition) is 6. The van der Waals surface area contributed by atoms with Gasteiger partial charge in [-0.15, -0.1) is 0 Å². The summed E-state index contributed by atoms with van der Waals surface area (Å²) in [6.45, 7) is 8.49. The summed E-state index contributed by atoms with van der Waals surface area (Å²) in [4.78, 5) is 39.9. The van der Waals surface area contributed by atoms with Crippen molar-refractivity contribution in [1.82, 2.24) is 0 Å². The van der Waals surface area contributed by atoms with E-state index in [0.717, 1.165) is 40.1 Å². The van der Waals surface area contributed by atoms with Crippen LogP contribution in [0.3, 0.4) is 0 Å². The normalized spacial score (nSPS) is 22.5. The minimum absolute atomic E-state index is 0.0408. The van der Waals surface area contributed by atoms with Crippen LogP contribution >= 0.6 is 14.1 Å².